The number of aromatic hydroxyl groups is 1. The Morgan fingerprint density at radius 2 is 2.00 bits per heavy atom. The van der Waals surface area contributed by atoms with Crippen LogP contribution in [0.15, 0.2) is 28.4 Å². The second-order valence-corrected chi connectivity index (χ2v) is 6.71. The molecule has 0 atom stereocenters. The summed E-state index contributed by atoms with van der Waals surface area (Å²) >= 11 is 1.37. The van der Waals surface area contributed by atoms with Crippen LogP contribution in [0.3, 0.4) is 0 Å². The molecule has 4 rings (SSSR count). The van der Waals surface area contributed by atoms with Gasteiger partial charge in [0.1, 0.15) is 16.6 Å². The summed E-state index contributed by atoms with van der Waals surface area (Å²) in [6.45, 7) is 0. The Balaban J connectivity index is 1.96. The number of pyridine rings is 1. The van der Waals surface area contributed by atoms with Crippen LogP contribution in [-0.2, 0) is 12.8 Å². The van der Waals surface area contributed by atoms with Crippen molar-refractivity contribution in [3.05, 3.63) is 50.6 Å². The van der Waals surface area contributed by atoms with Gasteiger partial charge in [-0.05, 0) is 42.4 Å². The van der Waals surface area contributed by atoms with Gasteiger partial charge in [0, 0.05) is 10.9 Å². The Hall–Kier alpha value is -2.58. The highest BCUT2D eigenvalue weighted by Gasteiger charge is 2.18. The topological polar surface area (TPSA) is 76.9 Å². The minimum Gasteiger partial charge on any atom is -0.506 e. The molecule has 0 saturated carbocycles. The summed E-state index contributed by atoms with van der Waals surface area (Å²) in [6, 6.07) is 8.17. The molecule has 0 saturated heterocycles. The molecular formula is C18H14N2O2S. The number of aryl methyl sites for hydroxylation is 2. The van der Waals surface area contributed by atoms with Gasteiger partial charge in [-0.25, -0.2) is 0 Å². The molecule has 0 bridgehead atoms. The van der Waals surface area contributed by atoms with Gasteiger partial charge in [0.25, 0.3) is 5.56 Å². The van der Waals surface area contributed by atoms with Crippen LogP contribution in [0, 0.1) is 11.3 Å². The fraction of sp³-hybridized carbons (Fsp3) is 0.222. The van der Waals surface area contributed by atoms with Crippen molar-refractivity contribution >= 4 is 21.6 Å². The number of rotatable bonds is 1. The number of thiophene rings is 1. The SMILES string of the molecule is N#Cc1c(O)c2c(-c3ccc4c(c3)CCCC4)csc2[nH]c1=O. The van der Waals surface area contributed by atoms with Crippen LogP contribution in [0.5, 0.6) is 5.75 Å². The monoisotopic (exact) mass is 322 g/mol. The second kappa shape index (κ2) is 5.25. The van der Waals surface area contributed by atoms with Crippen LogP contribution in [0.1, 0.15) is 29.5 Å². The van der Waals surface area contributed by atoms with Crippen LogP contribution in [0.2, 0.25) is 0 Å². The van der Waals surface area contributed by atoms with E-state index in [9.17, 15) is 9.90 Å². The summed E-state index contributed by atoms with van der Waals surface area (Å²) in [5.74, 6) is -0.222. The zero-order chi connectivity index (χ0) is 16.0. The maximum atomic E-state index is 11.8. The van der Waals surface area contributed by atoms with Crippen LogP contribution < -0.4 is 5.56 Å². The molecule has 0 aliphatic heterocycles. The number of fused-ring (bicyclic) bond motifs is 2. The summed E-state index contributed by atoms with van der Waals surface area (Å²) in [5, 5.41) is 21.9. The van der Waals surface area contributed by atoms with Crippen molar-refractivity contribution in [2.24, 2.45) is 0 Å². The third kappa shape index (κ3) is 2.14. The number of benzene rings is 1. The van der Waals surface area contributed by atoms with E-state index in [1.807, 2.05) is 5.38 Å². The van der Waals surface area contributed by atoms with Gasteiger partial charge in [0.05, 0.1) is 5.39 Å². The van der Waals surface area contributed by atoms with Gasteiger partial charge in [-0.3, -0.25) is 4.79 Å². The van der Waals surface area contributed by atoms with Gasteiger partial charge in [-0.15, -0.1) is 11.3 Å². The van der Waals surface area contributed by atoms with E-state index in [1.165, 1.54) is 35.3 Å². The third-order valence-corrected chi connectivity index (χ3v) is 5.39. The molecule has 4 nitrogen and oxygen atoms in total. The Bertz CT molecular complexity index is 1020. The molecule has 2 N–H and O–H groups in total. The summed E-state index contributed by atoms with van der Waals surface area (Å²) in [5.41, 5.74) is 3.87. The highest BCUT2D eigenvalue weighted by molar-refractivity contribution is 7.17. The number of aromatic nitrogens is 1. The number of nitriles is 1. The number of H-pyrrole nitrogens is 1. The van der Waals surface area contributed by atoms with Crippen LogP contribution in [0.25, 0.3) is 21.3 Å². The second-order valence-electron chi connectivity index (χ2n) is 5.83. The fourth-order valence-corrected chi connectivity index (χ4v) is 4.27. The maximum absolute atomic E-state index is 11.8. The molecule has 0 spiro atoms. The van der Waals surface area contributed by atoms with Crippen molar-refractivity contribution in [1.29, 1.82) is 5.26 Å². The summed E-state index contributed by atoms with van der Waals surface area (Å²) in [4.78, 5) is 15.1. The predicted octanol–water partition coefficient (Wildman–Crippen LogP) is 3.71. The lowest BCUT2D eigenvalue weighted by atomic mass is 9.89. The van der Waals surface area contributed by atoms with Crippen molar-refractivity contribution in [3.63, 3.8) is 0 Å². The number of hydrogen-bond acceptors (Lipinski definition) is 4. The summed E-state index contributed by atoms with van der Waals surface area (Å²) in [7, 11) is 0. The molecule has 3 aromatic rings. The molecule has 0 amide bonds. The zero-order valence-corrected chi connectivity index (χ0v) is 13.2. The molecule has 114 valence electrons. The van der Waals surface area contributed by atoms with E-state index in [0.29, 0.717) is 10.2 Å². The van der Waals surface area contributed by atoms with Crippen LogP contribution in [-0.4, -0.2) is 10.1 Å². The first-order chi connectivity index (χ1) is 11.2. The van der Waals surface area contributed by atoms with Gasteiger partial charge in [-0.2, -0.15) is 5.26 Å². The van der Waals surface area contributed by atoms with E-state index in [0.717, 1.165) is 24.0 Å². The number of hydrogen-bond donors (Lipinski definition) is 2. The first kappa shape index (κ1) is 14.0. The molecule has 0 unspecified atom stereocenters. The highest BCUT2D eigenvalue weighted by Crippen LogP contribution is 2.39. The van der Waals surface area contributed by atoms with E-state index >= 15 is 0 Å². The molecule has 23 heavy (non-hydrogen) atoms. The third-order valence-electron chi connectivity index (χ3n) is 4.49. The number of nitrogens with one attached hydrogen (secondary N) is 1. The smallest absolute Gasteiger partial charge is 0.270 e. The van der Waals surface area contributed by atoms with Crippen LogP contribution >= 0.6 is 11.3 Å². The lowest BCUT2D eigenvalue weighted by Gasteiger charge is -2.16. The quantitative estimate of drug-likeness (QED) is 0.717. The summed E-state index contributed by atoms with van der Waals surface area (Å²) < 4.78 is 0. The molecular weight excluding hydrogens is 308 g/mol. The Morgan fingerprint density at radius 1 is 1.22 bits per heavy atom. The van der Waals surface area contributed by atoms with Crippen molar-refractivity contribution in [2.75, 3.05) is 0 Å². The number of aromatic amines is 1. The molecule has 0 radical (unpaired) electrons. The Labute approximate surface area is 136 Å². The molecule has 5 heteroatoms. The van der Waals surface area contributed by atoms with E-state index in [1.54, 1.807) is 6.07 Å². The van der Waals surface area contributed by atoms with Gasteiger partial charge < -0.3 is 10.1 Å². The molecule has 1 aliphatic rings. The Kier molecular flexibility index (Phi) is 3.21. The predicted molar refractivity (Wildman–Crippen MR) is 90.9 cm³/mol. The first-order valence-corrected chi connectivity index (χ1v) is 8.45. The van der Waals surface area contributed by atoms with Gasteiger partial charge in [-0.1, -0.05) is 18.2 Å². The normalized spacial score (nSPS) is 13.7. The largest absolute Gasteiger partial charge is 0.506 e. The van der Waals surface area contributed by atoms with E-state index in [4.69, 9.17) is 5.26 Å². The van der Waals surface area contributed by atoms with Crippen LogP contribution in [0.4, 0.5) is 0 Å². The average molecular weight is 322 g/mol. The van der Waals surface area contributed by atoms with Gasteiger partial charge in [0.2, 0.25) is 0 Å². The molecule has 2 aromatic heterocycles. The minimum atomic E-state index is -0.545. The van der Waals surface area contributed by atoms with Gasteiger partial charge in [0.15, 0.2) is 5.56 Å². The van der Waals surface area contributed by atoms with Crippen molar-refractivity contribution in [2.45, 2.75) is 25.7 Å². The molecule has 2 heterocycles. The Morgan fingerprint density at radius 3 is 2.78 bits per heavy atom. The molecule has 1 aliphatic carbocycles. The number of nitrogens with zero attached hydrogens (tertiary/aromatic N) is 1. The maximum Gasteiger partial charge on any atom is 0.270 e. The standard InChI is InChI=1S/C18H14N2O2S/c19-8-13-16(21)15-14(9-23-18(15)20-17(13)22)12-6-5-10-3-1-2-4-11(10)7-12/h5-7,9H,1-4H2,(H2,20,21,22). The van der Waals surface area contributed by atoms with Crippen molar-refractivity contribution in [1.82, 2.24) is 4.98 Å². The van der Waals surface area contributed by atoms with Crippen molar-refractivity contribution in [3.8, 4) is 22.9 Å². The zero-order valence-electron chi connectivity index (χ0n) is 12.3. The van der Waals surface area contributed by atoms with E-state index in [2.05, 4.69) is 23.2 Å². The fourth-order valence-electron chi connectivity index (χ4n) is 3.30. The highest BCUT2D eigenvalue weighted by atomic mass is 32.1. The first-order valence-electron chi connectivity index (χ1n) is 7.57. The van der Waals surface area contributed by atoms with E-state index < -0.39 is 5.56 Å². The summed E-state index contributed by atoms with van der Waals surface area (Å²) in [6.07, 6.45) is 4.65. The average Bonchev–Trinajstić information content (AvgIpc) is 2.98. The minimum absolute atomic E-state index is 0.222. The van der Waals surface area contributed by atoms with Gasteiger partial charge >= 0.3 is 0 Å². The van der Waals surface area contributed by atoms with E-state index in [-0.39, 0.29) is 11.3 Å². The lowest BCUT2D eigenvalue weighted by Crippen LogP contribution is -2.09. The molecule has 1 aromatic carbocycles. The molecule has 0 fully saturated rings. The lowest BCUT2D eigenvalue weighted by molar-refractivity contribution is 0.479. The van der Waals surface area contributed by atoms with Crippen molar-refractivity contribution < 1.29 is 5.11 Å².